The zero-order valence-electron chi connectivity index (χ0n) is 15.5. The second-order valence-electron chi connectivity index (χ2n) is 6.60. The number of nitrogens with one attached hydrogen (secondary N) is 1. The van der Waals surface area contributed by atoms with Crippen LogP contribution in [0.25, 0.3) is 11.1 Å². The third-order valence-electron chi connectivity index (χ3n) is 4.79. The molecule has 2 aromatic heterocycles. The summed E-state index contributed by atoms with van der Waals surface area (Å²) < 4.78 is 12.1. The van der Waals surface area contributed by atoms with Crippen LogP contribution in [0.15, 0.2) is 51.8 Å². The number of ether oxygens (including phenoxy) is 1. The number of pyridine rings is 1. The second kappa shape index (κ2) is 8.26. The van der Waals surface area contributed by atoms with Gasteiger partial charge in [0.15, 0.2) is 5.58 Å². The molecule has 0 radical (unpaired) electrons. The van der Waals surface area contributed by atoms with Crippen molar-refractivity contribution in [2.75, 3.05) is 31.2 Å². The van der Waals surface area contributed by atoms with Gasteiger partial charge in [0.05, 0.1) is 18.7 Å². The Hall–Kier alpha value is -3.13. The molecule has 1 amide bonds. The molecule has 0 saturated carbocycles. The molecule has 1 fully saturated rings. The largest absolute Gasteiger partial charge is 0.419 e. The van der Waals surface area contributed by atoms with Crippen molar-refractivity contribution in [3.8, 4) is 0 Å². The summed E-state index contributed by atoms with van der Waals surface area (Å²) in [4.78, 5) is 31.0. The monoisotopic (exact) mass is 382 g/mol. The molecule has 146 valence electrons. The maximum absolute atomic E-state index is 12.3. The first-order valence-corrected chi connectivity index (χ1v) is 9.34. The molecule has 0 spiro atoms. The van der Waals surface area contributed by atoms with Gasteiger partial charge in [0.2, 0.25) is 5.91 Å². The van der Waals surface area contributed by atoms with Gasteiger partial charge >= 0.3 is 5.76 Å². The van der Waals surface area contributed by atoms with Crippen LogP contribution in [0.2, 0.25) is 0 Å². The number of carbonyl (C=O) groups is 1. The fraction of sp³-hybridized carbons (Fsp3) is 0.350. The van der Waals surface area contributed by atoms with E-state index in [0.717, 1.165) is 24.5 Å². The molecule has 3 aromatic rings. The molecular formula is C20H22N4O4. The predicted molar refractivity (Wildman–Crippen MR) is 104 cm³/mol. The van der Waals surface area contributed by atoms with Crippen molar-refractivity contribution >= 4 is 22.8 Å². The minimum absolute atomic E-state index is 0.131. The molecule has 8 nitrogen and oxygen atoms in total. The number of nitrogens with zero attached hydrogens (tertiary/aromatic N) is 3. The van der Waals surface area contributed by atoms with E-state index in [-0.39, 0.29) is 18.9 Å². The first kappa shape index (κ1) is 18.2. The number of amides is 1. The van der Waals surface area contributed by atoms with E-state index in [9.17, 15) is 9.59 Å². The van der Waals surface area contributed by atoms with Crippen molar-refractivity contribution in [1.82, 2.24) is 14.9 Å². The Morgan fingerprint density at radius 1 is 1.14 bits per heavy atom. The Balaban J connectivity index is 1.37. The van der Waals surface area contributed by atoms with Crippen molar-refractivity contribution in [2.45, 2.75) is 19.5 Å². The van der Waals surface area contributed by atoms with E-state index in [1.807, 2.05) is 30.3 Å². The summed E-state index contributed by atoms with van der Waals surface area (Å²) >= 11 is 0. The van der Waals surface area contributed by atoms with Crippen LogP contribution in [0.4, 0.5) is 5.82 Å². The number of para-hydroxylation sites is 2. The first-order valence-electron chi connectivity index (χ1n) is 9.34. The van der Waals surface area contributed by atoms with Crippen LogP contribution < -0.4 is 16.0 Å². The number of carbonyl (C=O) groups excluding carboxylic acids is 1. The molecule has 4 rings (SSSR count). The molecular weight excluding hydrogens is 360 g/mol. The fourth-order valence-electron chi connectivity index (χ4n) is 3.35. The van der Waals surface area contributed by atoms with E-state index in [0.29, 0.717) is 30.9 Å². The number of morpholine rings is 1. The van der Waals surface area contributed by atoms with Crippen molar-refractivity contribution in [3.05, 3.63) is 58.7 Å². The van der Waals surface area contributed by atoms with Crippen LogP contribution in [0, 0.1) is 0 Å². The summed E-state index contributed by atoms with van der Waals surface area (Å²) in [7, 11) is 0. The van der Waals surface area contributed by atoms with Gasteiger partial charge in [-0.25, -0.2) is 9.78 Å². The Kier molecular flexibility index (Phi) is 5.38. The van der Waals surface area contributed by atoms with Gasteiger partial charge in [-0.2, -0.15) is 0 Å². The zero-order valence-corrected chi connectivity index (χ0v) is 15.5. The lowest BCUT2D eigenvalue weighted by molar-refractivity contribution is -0.121. The van der Waals surface area contributed by atoms with Crippen LogP contribution in [0.3, 0.4) is 0 Å². The number of hydrogen-bond donors (Lipinski definition) is 1. The lowest BCUT2D eigenvalue weighted by Crippen LogP contribution is -2.38. The lowest BCUT2D eigenvalue weighted by atomic mass is 10.2. The Morgan fingerprint density at radius 3 is 2.82 bits per heavy atom. The van der Waals surface area contributed by atoms with E-state index in [2.05, 4.69) is 15.2 Å². The van der Waals surface area contributed by atoms with Crippen molar-refractivity contribution in [1.29, 1.82) is 0 Å². The maximum Gasteiger partial charge on any atom is 0.419 e. The van der Waals surface area contributed by atoms with Gasteiger partial charge in [0, 0.05) is 44.4 Å². The average Bonchev–Trinajstić information content (AvgIpc) is 3.06. The number of anilines is 1. The first-order chi connectivity index (χ1) is 13.7. The Morgan fingerprint density at radius 2 is 1.96 bits per heavy atom. The van der Waals surface area contributed by atoms with Gasteiger partial charge in [-0.05, 0) is 18.2 Å². The predicted octanol–water partition coefficient (Wildman–Crippen LogP) is 1.53. The van der Waals surface area contributed by atoms with Crippen molar-refractivity contribution in [2.24, 2.45) is 0 Å². The summed E-state index contributed by atoms with van der Waals surface area (Å²) in [6.45, 7) is 3.58. The van der Waals surface area contributed by atoms with Gasteiger partial charge in [-0.3, -0.25) is 9.36 Å². The third-order valence-corrected chi connectivity index (χ3v) is 4.79. The van der Waals surface area contributed by atoms with Gasteiger partial charge < -0.3 is 19.4 Å². The summed E-state index contributed by atoms with van der Waals surface area (Å²) in [6.07, 6.45) is 1.95. The summed E-state index contributed by atoms with van der Waals surface area (Å²) in [5, 5.41) is 2.93. The molecule has 1 N–H and O–H groups in total. The van der Waals surface area contributed by atoms with Crippen LogP contribution in [0.5, 0.6) is 0 Å². The van der Waals surface area contributed by atoms with Crippen molar-refractivity contribution < 1.29 is 13.9 Å². The lowest BCUT2D eigenvalue weighted by Gasteiger charge is -2.29. The number of hydrogen-bond acceptors (Lipinski definition) is 6. The normalized spacial score (nSPS) is 14.4. The summed E-state index contributed by atoms with van der Waals surface area (Å²) in [6, 6.07) is 11.0. The van der Waals surface area contributed by atoms with E-state index < -0.39 is 5.76 Å². The van der Waals surface area contributed by atoms with Gasteiger partial charge in [0.25, 0.3) is 0 Å². The Bertz CT molecular complexity index is 1020. The number of benzene rings is 1. The Labute approximate surface area is 161 Å². The van der Waals surface area contributed by atoms with Gasteiger partial charge in [-0.1, -0.05) is 18.2 Å². The topological polar surface area (TPSA) is 89.6 Å². The van der Waals surface area contributed by atoms with Crippen molar-refractivity contribution in [3.63, 3.8) is 0 Å². The zero-order chi connectivity index (χ0) is 19.3. The molecule has 1 saturated heterocycles. The minimum atomic E-state index is -0.448. The number of fused-ring (bicyclic) bond motifs is 1. The highest BCUT2D eigenvalue weighted by molar-refractivity contribution is 5.77. The molecule has 0 aliphatic carbocycles. The second-order valence-corrected chi connectivity index (χ2v) is 6.60. The average molecular weight is 382 g/mol. The van der Waals surface area contributed by atoms with E-state index in [4.69, 9.17) is 9.15 Å². The van der Waals surface area contributed by atoms with Crippen LogP contribution >= 0.6 is 0 Å². The number of rotatable bonds is 6. The molecule has 3 heterocycles. The molecule has 0 atom stereocenters. The highest BCUT2D eigenvalue weighted by Gasteiger charge is 2.16. The highest BCUT2D eigenvalue weighted by Crippen LogP contribution is 2.18. The SMILES string of the molecule is O=C(CCn1c(=O)oc2ccccc21)NCc1cccnc1N1CCOCC1. The molecule has 0 bridgehead atoms. The highest BCUT2D eigenvalue weighted by atomic mass is 16.5. The molecule has 28 heavy (non-hydrogen) atoms. The third kappa shape index (κ3) is 3.91. The van der Waals surface area contributed by atoms with Crippen LogP contribution in [-0.4, -0.2) is 41.8 Å². The maximum atomic E-state index is 12.3. The summed E-state index contributed by atoms with van der Waals surface area (Å²) in [5.74, 6) is 0.299. The number of oxazole rings is 1. The minimum Gasteiger partial charge on any atom is -0.408 e. The summed E-state index contributed by atoms with van der Waals surface area (Å²) in [5.41, 5.74) is 2.18. The standard InChI is InChI=1S/C20H22N4O4/c25-18(7-9-24-16-5-1-2-6-17(16)28-20(24)26)22-14-15-4-3-8-21-19(15)23-10-12-27-13-11-23/h1-6,8H,7,9-14H2,(H,22,25). The fourth-order valence-corrected chi connectivity index (χ4v) is 3.35. The molecule has 1 aliphatic heterocycles. The van der Waals surface area contributed by atoms with E-state index >= 15 is 0 Å². The van der Waals surface area contributed by atoms with Crippen LogP contribution in [-0.2, 0) is 22.6 Å². The number of aryl methyl sites for hydroxylation is 1. The number of aromatic nitrogens is 2. The quantitative estimate of drug-likeness (QED) is 0.696. The molecule has 8 heteroatoms. The molecule has 1 aliphatic rings. The molecule has 0 unspecified atom stereocenters. The van der Waals surface area contributed by atoms with E-state index in [1.54, 1.807) is 12.3 Å². The molecule has 1 aromatic carbocycles. The smallest absolute Gasteiger partial charge is 0.408 e. The van der Waals surface area contributed by atoms with Crippen LogP contribution in [0.1, 0.15) is 12.0 Å². The van der Waals surface area contributed by atoms with E-state index in [1.165, 1.54) is 4.57 Å². The van der Waals surface area contributed by atoms with Gasteiger partial charge in [-0.15, -0.1) is 0 Å². The van der Waals surface area contributed by atoms with Gasteiger partial charge in [0.1, 0.15) is 5.82 Å².